The third-order valence-electron chi connectivity index (χ3n) is 2.38. The zero-order chi connectivity index (χ0) is 10.4. The summed E-state index contributed by atoms with van der Waals surface area (Å²) >= 11 is 0. The van der Waals surface area contributed by atoms with Crippen LogP contribution >= 0.6 is 0 Å². The molecule has 0 spiro atoms. The third-order valence-corrected chi connectivity index (χ3v) is 2.38. The molecule has 1 saturated heterocycles. The first-order chi connectivity index (χ1) is 6.74. The first-order valence-corrected chi connectivity index (χ1v) is 5.01. The van der Waals surface area contributed by atoms with Crippen LogP contribution in [0.2, 0.25) is 0 Å². The van der Waals surface area contributed by atoms with Crippen molar-refractivity contribution in [1.29, 1.82) is 0 Å². The molecule has 14 heavy (non-hydrogen) atoms. The van der Waals surface area contributed by atoms with E-state index in [1.54, 1.807) is 11.0 Å². The molecular weight excluding hydrogens is 180 g/mol. The van der Waals surface area contributed by atoms with Crippen LogP contribution in [0.25, 0.3) is 0 Å². The predicted molar refractivity (Wildman–Crippen MR) is 54.9 cm³/mol. The predicted octanol–water partition coefficient (Wildman–Crippen LogP) is -0.255. The molecule has 1 aliphatic rings. The van der Waals surface area contributed by atoms with Crippen molar-refractivity contribution < 1.29 is 9.90 Å². The van der Waals surface area contributed by atoms with Gasteiger partial charge in [-0.05, 0) is 12.8 Å². The molecule has 0 aromatic carbocycles. The Balaban J connectivity index is 2.20. The van der Waals surface area contributed by atoms with Crippen molar-refractivity contribution in [3.8, 4) is 0 Å². The van der Waals surface area contributed by atoms with Crippen LogP contribution in [0.4, 0.5) is 0 Å². The number of likely N-dealkylation sites (tertiary alicyclic amines) is 1. The molecule has 0 radical (unpaired) electrons. The highest BCUT2D eigenvalue weighted by atomic mass is 16.3. The van der Waals surface area contributed by atoms with Gasteiger partial charge in [-0.25, -0.2) is 0 Å². The number of carbonyl (C=O) groups is 1. The van der Waals surface area contributed by atoms with Gasteiger partial charge in [-0.2, -0.15) is 0 Å². The number of aliphatic hydroxyl groups is 1. The fourth-order valence-electron chi connectivity index (χ4n) is 1.51. The normalized spacial score (nSPS) is 18.2. The number of amides is 1. The van der Waals surface area contributed by atoms with Gasteiger partial charge in [-0.3, -0.25) is 4.79 Å². The van der Waals surface area contributed by atoms with Crippen LogP contribution in [0.3, 0.4) is 0 Å². The second-order valence-electron chi connectivity index (χ2n) is 3.53. The second kappa shape index (κ2) is 5.78. The van der Waals surface area contributed by atoms with E-state index in [2.05, 4.69) is 11.9 Å². The maximum absolute atomic E-state index is 11.5. The fraction of sp³-hybridized carbons (Fsp3) is 0.700. The number of hydrogen-bond acceptors (Lipinski definition) is 3. The van der Waals surface area contributed by atoms with Crippen LogP contribution in [0.1, 0.15) is 12.8 Å². The number of carbonyl (C=O) groups excluding carboxylic acids is 1. The molecule has 4 heteroatoms. The molecule has 0 saturated carbocycles. The molecule has 1 rings (SSSR count). The summed E-state index contributed by atoms with van der Waals surface area (Å²) in [7, 11) is 0. The summed E-state index contributed by atoms with van der Waals surface area (Å²) in [6, 6.07) is 0. The van der Waals surface area contributed by atoms with Crippen molar-refractivity contribution >= 4 is 5.91 Å². The molecule has 0 aromatic rings. The Hall–Kier alpha value is -0.870. The highest BCUT2D eigenvalue weighted by Gasteiger charge is 2.20. The van der Waals surface area contributed by atoms with E-state index < -0.39 is 0 Å². The van der Waals surface area contributed by atoms with E-state index in [1.807, 2.05) is 0 Å². The average Bonchev–Trinajstić information content (AvgIpc) is 2.19. The first kappa shape index (κ1) is 11.2. The zero-order valence-electron chi connectivity index (χ0n) is 8.41. The van der Waals surface area contributed by atoms with Gasteiger partial charge in [0.2, 0.25) is 5.91 Å². The minimum absolute atomic E-state index is 0.110. The van der Waals surface area contributed by atoms with E-state index >= 15 is 0 Å². The Morgan fingerprint density at radius 1 is 1.57 bits per heavy atom. The Bertz CT molecular complexity index is 198. The molecule has 0 unspecified atom stereocenters. The van der Waals surface area contributed by atoms with Gasteiger partial charge in [0.25, 0.3) is 0 Å². The lowest BCUT2D eigenvalue weighted by molar-refractivity contribution is -0.132. The van der Waals surface area contributed by atoms with Gasteiger partial charge in [0.1, 0.15) is 0 Å². The highest BCUT2D eigenvalue weighted by molar-refractivity contribution is 5.78. The molecule has 0 aliphatic carbocycles. The van der Waals surface area contributed by atoms with Crippen LogP contribution < -0.4 is 5.32 Å². The van der Waals surface area contributed by atoms with Crippen LogP contribution in [0.5, 0.6) is 0 Å². The lowest BCUT2D eigenvalue weighted by Gasteiger charge is -2.29. The lowest BCUT2D eigenvalue weighted by atomic mass is 10.1. The maximum atomic E-state index is 11.5. The number of nitrogens with zero attached hydrogens (tertiary/aromatic N) is 1. The molecule has 0 atom stereocenters. The molecule has 0 aromatic heterocycles. The number of hydrogen-bond donors (Lipinski definition) is 2. The minimum atomic E-state index is -0.222. The summed E-state index contributed by atoms with van der Waals surface area (Å²) in [6.07, 6.45) is 2.91. The van der Waals surface area contributed by atoms with Crippen molar-refractivity contribution in [3.05, 3.63) is 12.7 Å². The summed E-state index contributed by atoms with van der Waals surface area (Å²) < 4.78 is 0. The van der Waals surface area contributed by atoms with Gasteiger partial charge < -0.3 is 15.3 Å². The molecule has 1 heterocycles. The van der Waals surface area contributed by atoms with Crippen LogP contribution in [-0.2, 0) is 4.79 Å². The summed E-state index contributed by atoms with van der Waals surface area (Å²) in [6.45, 7) is 5.93. The smallest absolute Gasteiger partial charge is 0.236 e. The fourth-order valence-corrected chi connectivity index (χ4v) is 1.51. The SMILES string of the molecule is C=CCNCC(=O)N1CCC(O)CC1. The average molecular weight is 198 g/mol. The standard InChI is InChI=1S/C10H18N2O2/c1-2-5-11-8-10(14)12-6-3-9(13)4-7-12/h2,9,11,13H,1,3-8H2. The maximum Gasteiger partial charge on any atom is 0.236 e. The van der Waals surface area contributed by atoms with E-state index in [0.29, 0.717) is 39.0 Å². The molecule has 1 amide bonds. The summed E-state index contributed by atoms with van der Waals surface area (Å²) in [4.78, 5) is 13.3. The van der Waals surface area contributed by atoms with E-state index in [1.165, 1.54) is 0 Å². The van der Waals surface area contributed by atoms with E-state index in [9.17, 15) is 9.90 Å². The molecule has 80 valence electrons. The van der Waals surface area contributed by atoms with E-state index in [-0.39, 0.29) is 12.0 Å². The topological polar surface area (TPSA) is 52.6 Å². The van der Waals surface area contributed by atoms with E-state index in [4.69, 9.17) is 0 Å². The molecular formula is C10H18N2O2. The zero-order valence-corrected chi connectivity index (χ0v) is 8.41. The molecule has 2 N–H and O–H groups in total. The van der Waals surface area contributed by atoms with Crippen LogP contribution in [0, 0.1) is 0 Å². The van der Waals surface area contributed by atoms with E-state index in [0.717, 1.165) is 0 Å². The van der Waals surface area contributed by atoms with Crippen molar-refractivity contribution in [2.75, 3.05) is 26.2 Å². The second-order valence-corrected chi connectivity index (χ2v) is 3.53. The monoisotopic (exact) mass is 198 g/mol. The Morgan fingerprint density at radius 2 is 2.21 bits per heavy atom. The first-order valence-electron chi connectivity index (χ1n) is 5.01. The minimum Gasteiger partial charge on any atom is -0.393 e. The molecule has 1 aliphatic heterocycles. The third kappa shape index (κ3) is 3.47. The summed E-state index contributed by atoms with van der Waals surface area (Å²) in [5.74, 6) is 0.110. The van der Waals surface area contributed by atoms with Gasteiger partial charge in [0.05, 0.1) is 12.6 Å². The van der Waals surface area contributed by atoms with Crippen LogP contribution in [-0.4, -0.2) is 48.2 Å². The Morgan fingerprint density at radius 3 is 2.79 bits per heavy atom. The van der Waals surface area contributed by atoms with Crippen molar-refractivity contribution in [2.45, 2.75) is 18.9 Å². The molecule has 1 fully saturated rings. The van der Waals surface area contributed by atoms with Gasteiger partial charge >= 0.3 is 0 Å². The number of aliphatic hydroxyl groups excluding tert-OH is 1. The quantitative estimate of drug-likeness (QED) is 0.483. The molecule has 4 nitrogen and oxygen atoms in total. The molecule has 0 bridgehead atoms. The van der Waals surface area contributed by atoms with Crippen molar-refractivity contribution in [2.24, 2.45) is 0 Å². The van der Waals surface area contributed by atoms with Gasteiger partial charge in [-0.1, -0.05) is 6.08 Å². The van der Waals surface area contributed by atoms with Crippen molar-refractivity contribution in [3.63, 3.8) is 0 Å². The van der Waals surface area contributed by atoms with Gasteiger partial charge in [-0.15, -0.1) is 6.58 Å². The lowest BCUT2D eigenvalue weighted by Crippen LogP contribution is -2.44. The largest absolute Gasteiger partial charge is 0.393 e. The number of piperidine rings is 1. The number of nitrogens with one attached hydrogen (secondary N) is 1. The summed E-state index contributed by atoms with van der Waals surface area (Å²) in [5.41, 5.74) is 0. The highest BCUT2D eigenvalue weighted by Crippen LogP contribution is 2.09. The Labute approximate surface area is 84.6 Å². The summed E-state index contributed by atoms with van der Waals surface area (Å²) in [5, 5.41) is 12.2. The van der Waals surface area contributed by atoms with Gasteiger partial charge in [0.15, 0.2) is 0 Å². The Kier molecular flexibility index (Phi) is 4.62. The van der Waals surface area contributed by atoms with Gasteiger partial charge in [0, 0.05) is 19.6 Å². The van der Waals surface area contributed by atoms with Crippen molar-refractivity contribution in [1.82, 2.24) is 10.2 Å². The van der Waals surface area contributed by atoms with Crippen LogP contribution in [0.15, 0.2) is 12.7 Å². The number of rotatable bonds is 4.